The second kappa shape index (κ2) is 4.46. The van der Waals surface area contributed by atoms with Crippen molar-refractivity contribution < 1.29 is 9.90 Å². The van der Waals surface area contributed by atoms with Crippen LogP contribution in [0.2, 0.25) is 0 Å². The highest BCUT2D eigenvalue weighted by molar-refractivity contribution is 5.95. The molecule has 5 heteroatoms. The summed E-state index contributed by atoms with van der Waals surface area (Å²) >= 11 is 0. The highest BCUT2D eigenvalue weighted by Gasteiger charge is 2.27. The van der Waals surface area contributed by atoms with Crippen molar-refractivity contribution in [1.82, 2.24) is 14.9 Å². The monoisotopic (exact) mass is 207 g/mol. The van der Waals surface area contributed by atoms with Gasteiger partial charge in [-0.05, 0) is 0 Å². The summed E-state index contributed by atoms with van der Waals surface area (Å²) in [6.07, 6.45) is 4.54. The van der Waals surface area contributed by atoms with E-state index in [1.165, 1.54) is 12.4 Å². The van der Waals surface area contributed by atoms with Crippen LogP contribution in [-0.2, 0) is 0 Å². The van der Waals surface area contributed by atoms with Crippen molar-refractivity contribution in [3.63, 3.8) is 0 Å². The molecule has 0 atom stereocenters. The molecule has 1 aromatic rings. The zero-order chi connectivity index (χ0) is 10.7. The molecule has 1 fully saturated rings. The molecule has 0 saturated carbocycles. The number of likely N-dealkylation sites (tertiary alicyclic amines) is 1. The first-order valence-electron chi connectivity index (χ1n) is 4.92. The van der Waals surface area contributed by atoms with E-state index in [1.807, 2.05) is 4.90 Å². The zero-order valence-electron chi connectivity index (χ0n) is 8.33. The molecule has 0 bridgehead atoms. The molecule has 1 aliphatic heterocycles. The van der Waals surface area contributed by atoms with Gasteiger partial charge in [0.05, 0.1) is 12.7 Å². The van der Waals surface area contributed by atoms with Crippen molar-refractivity contribution in [2.75, 3.05) is 26.2 Å². The molecule has 0 aliphatic carbocycles. The number of aromatic nitrogens is 2. The van der Waals surface area contributed by atoms with Crippen molar-refractivity contribution in [3.05, 3.63) is 24.3 Å². The average molecular weight is 207 g/mol. The molecule has 0 spiro atoms. The molecular formula is C10H13N3O2. The van der Waals surface area contributed by atoms with Crippen LogP contribution in [0.4, 0.5) is 0 Å². The van der Waals surface area contributed by atoms with Crippen LogP contribution in [-0.4, -0.2) is 52.0 Å². The first kappa shape index (κ1) is 10.2. The number of ketones is 1. The van der Waals surface area contributed by atoms with E-state index < -0.39 is 0 Å². The van der Waals surface area contributed by atoms with Gasteiger partial charge in [0.15, 0.2) is 5.78 Å². The van der Waals surface area contributed by atoms with Gasteiger partial charge < -0.3 is 5.11 Å². The van der Waals surface area contributed by atoms with Gasteiger partial charge in [0.25, 0.3) is 0 Å². The van der Waals surface area contributed by atoms with Gasteiger partial charge in [0, 0.05) is 38.0 Å². The number of carbonyl (C=O) groups excluding carboxylic acids is 1. The molecule has 1 N–H and O–H groups in total. The molecule has 5 nitrogen and oxygen atoms in total. The fraction of sp³-hybridized carbons (Fsp3) is 0.500. The number of aliphatic hydroxyl groups is 1. The van der Waals surface area contributed by atoms with Crippen molar-refractivity contribution in [3.8, 4) is 0 Å². The molecule has 1 aromatic heterocycles. The lowest BCUT2D eigenvalue weighted by molar-refractivity contribution is 0.0487. The number of nitrogens with zero attached hydrogens (tertiary/aromatic N) is 3. The average Bonchev–Trinajstić information content (AvgIpc) is 2.23. The summed E-state index contributed by atoms with van der Waals surface area (Å²) in [5.41, 5.74) is 0.407. The summed E-state index contributed by atoms with van der Waals surface area (Å²) in [6, 6.07) is 0. The van der Waals surface area contributed by atoms with Gasteiger partial charge in [-0.1, -0.05) is 0 Å². The molecule has 0 radical (unpaired) electrons. The van der Waals surface area contributed by atoms with E-state index in [2.05, 4.69) is 9.97 Å². The first-order chi connectivity index (χ1) is 7.29. The summed E-state index contributed by atoms with van der Waals surface area (Å²) in [5.74, 6) is 0.319. The number of rotatable bonds is 4. The fourth-order valence-corrected chi connectivity index (χ4v) is 1.65. The van der Waals surface area contributed by atoms with Crippen LogP contribution < -0.4 is 0 Å². The molecule has 2 heterocycles. The quantitative estimate of drug-likeness (QED) is 0.679. The minimum absolute atomic E-state index is 0.0144. The van der Waals surface area contributed by atoms with Crippen molar-refractivity contribution in [2.45, 2.75) is 0 Å². The van der Waals surface area contributed by atoms with Gasteiger partial charge >= 0.3 is 0 Å². The van der Waals surface area contributed by atoms with Gasteiger partial charge in [-0.15, -0.1) is 0 Å². The minimum Gasteiger partial charge on any atom is -0.396 e. The van der Waals surface area contributed by atoms with Crippen LogP contribution in [0, 0.1) is 5.92 Å². The van der Waals surface area contributed by atoms with Crippen LogP contribution in [0.3, 0.4) is 0 Å². The first-order valence-corrected chi connectivity index (χ1v) is 4.92. The summed E-state index contributed by atoms with van der Waals surface area (Å²) in [5, 5.41) is 8.82. The molecule has 0 unspecified atom stereocenters. The maximum atomic E-state index is 11.6. The number of aliphatic hydroxyl groups excluding tert-OH is 1. The molecule has 15 heavy (non-hydrogen) atoms. The SMILES string of the molecule is O=C(CN1CC(CO)C1)c1cnccn1. The molecule has 1 aliphatic rings. The molecule has 1 saturated heterocycles. The smallest absolute Gasteiger partial charge is 0.196 e. The molecule has 0 amide bonds. The maximum absolute atomic E-state index is 11.6. The highest BCUT2D eigenvalue weighted by atomic mass is 16.3. The molecular weight excluding hydrogens is 194 g/mol. The van der Waals surface area contributed by atoms with E-state index in [9.17, 15) is 4.79 Å². The number of Topliss-reactive ketones (excluding diaryl/α,β-unsaturated/α-hetero) is 1. The fourth-order valence-electron chi connectivity index (χ4n) is 1.65. The Bertz CT molecular complexity index is 336. The lowest BCUT2D eigenvalue weighted by Gasteiger charge is -2.37. The lowest BCUT2D eigenvalue weighted by Crippen LogP contribution is -2.50. The van der Waals surface area contributed by atoms with E-state index in [1.54, 1.807) is 6.20 Å². The second-order valence-electron chi connectivity index (χ2n) is 3.76. The summed E-state index contributed by atoms with van der Waals surface area (Å²) in [7, 11) is 0. The Labute approximate surface area is 87.8 Å². The van der Waals surface area contributed by atoms with E-state index in [4.69, 9.17) is 5.11 Å². The number of carbonyl (C=O) groups is 1. The predicted octanol–water partition coefficient (Wildman–Crippen LogP) is -0.417. The zero-order valence-corrected chi connectivity index (χ0v) is 8.33. The normalized spacial score (nSPS) is 17.4. The van der Waals surface area contributed by atoms with Gasteiger partial charge in [0.1, 0.15) is 5.69 Å². The van der Waals surface area contributed by atoms with Gasteiger partial charge in [-0.2, -0.15) is 0 Å². The second-order valence-corrected chi connectivity index (χ2v) is 3.76. The Morgan fingerprint density at radius 2 is 2.33 bits per heavy atom. The Balaban J connectivity index is 1.84. The van der Waals surface area contributed by atoms with Gasteiger partial charge in [-0.3, -0.25) is 14.7 Å². The topological polar surface area (TPSA) is 66.3 Å². The van der Waals surface area contributed by atoms with Crippen molar-refractivity contribution in [2.24, 2.45) is 5.92 Å². The van der Waals surface area contributed by atoms with E-state index in [0.29, 0.717) is 18.2 Å². The van der Waals surface area contributed by atoms with E-state index in [0.717, 1.165) is 13.1 Å². The third-order valence-electron chi connectivity index (χ3n) is 2.51. The lowest BCUT2D eigenvalue weighted by atomic mass is 10.0. The Hall–Kier alpha value is -1.33. The summed E-state index contributed by atoms with van der Waals surface area (Å²) in [4.78, 5) is 21.4. The molecule has 0 aromatic carbocycles. The van der Waals surface area contributed by atoms with Crippen LogP contribution in [0.25, 0.3) is 0 Å². The van der Waals surface area contributed by atoms with Crippen LogP contribution in [0.15, 0.2) is 18.6 Å². The minimum atomic E-state index is -0.0144. The maximum Gasteiger partial charge on any atom is 0.196 e. The third-order valence-corrected chi connectivity index (χ3v) is 2.51. The van der Waals surface area contributed by atoms with Crippen molar-refractivity contribution >= 4 is 5.78 Å². The van der Waals surface area contributed by atoms with E-state index in [-0.39, 0.29) is 12.4 Å². The standard InChI is InChI=1S/C10H13N3O2/c14-7-8-4-13(5-8)6-10(15)9-3-11-1-2-12-9/h1-3,8,14H,4-7H2. The molecule has 80 valence electrons. The van der Waals surface area contributed by atoms with Crippen LogP contribution in [0.5, 0.6) is 0 Å². The Kier molecular flexibility index (Phi) is 3.03. The highest BCUT2D eigenvalue weighted by Crippen LogP contribution is 2.14. The Morgan fingerprint density at radius 3 is 2.93 bits per heavy atom. The van der Waals surface area contributed by atoms with Gasteiger partial charge in [-0.25, -0.2) is 4.98 Å². The largest absolute Gasteiger partial charge is 0.396 e. The van der Waals surface area contributed by atoms with Gasteiger partial charge in [0.2, 0.25) is 0 Å². The Morgan fingerprint density at radius 1 is 1.53 bits per heavy atom. The summed E-state index contributed by atoms with van der Waals surface area (Å²) < 4.78 is 0. The third kappa shape index (κ3) is 2.37. The number of hydrogen-bond donors (Lipinski definition) is 1. The van der Waals surface area contributed by atoms with E-state index >= 15 is 0 Å². The van der Waals surface area contributed by atoms with Crippen molar-refractivity contribution in [1.29, 1.82) is 0 Å². The summed E-state index contributed by atoms with van der Waals surface area (Å²) in [6.45, 7) is 2.16. The van der Waals surface area contributed by atoms with Crippen LogP contribution in [0.1, 0.15) is 10.5 Å². The number of hydrogen-bond acceptors (Lipinski definition) is 5. The predicted molar refractivity (Wildman–Crippen MR) is 53.4 cm³/mol. The van der Waals surface area contributed by atoms with Crippen LogP contribution >= 0.6 is 0 Å². The molecule has 2 rings (SSSR count).